The zero-order valence-electron chi connectivity index (χ0n) is 17.5. The van der Waals surface area contributed by atoms with Gasteiger partial charge in [-0.15, -0.1) is 11.3 Å². The molecule has 0 radical (unpaired) electrons. The molecule has 32 heavy (non-hydrogen) atoms. The van der Waals surface area contributed by atoms with E-state index in [2.05, 4.69) is 10.3 Å². The van der Waals surface area contributed by atoms with Crippen LogP contribution in [0.4, 0.5) is 5.69 Å². The first-order valence-electron chi connectivity index (χ1n) is 10.1. The first-order chi connectivity index (χ1) is 15.4. The highest BCUT2D eigenvalue weighted by atomic mass is 32.1. The van der Waals surface area contributed by atoms with Crippen LogP contribution in [0.5, 0.6) is 5.75 Å². The summed E-state index contributed by atoms with van der Waals surface area (Å²) in [7, 11) is 0. The molecule has 4 aromatic rings. The van der Waals surface area contributed by atoms with E-state index < -0.39 is 0 Å². The Labute approximate surface area is 187 Å². The van der Waals surface area contributed by atoms with Crippen molar-refractivity contribution < 1.29 is 14.3 Å². The van der Waals surface area contributed by atoms with Gasteiger partial charge in [0.2, 0.25) is 0 Å². The molecular weight excluding hydrogens is 426 g/mol. The maximum atomic E-state index is 13.3. The number of fused-ring (bicyclic) bond motifs is 2. The number of nitrogens with one attached hydrogen (secondary N) is 1. The predicted molar refractivity (Wildman–Crippen MR) is 124 cm³/mol. The number of benzene rings is 2. The van der Waals surface area contributed by atoms with E-state index >= 15 is 0 Å². The van der Waals surface area contributed by atoms with Gasteiger partial charge in [0.25, 0.3) is 11.5 Å². The summed E-state index contributed by atoms with van der Waals surface area (Å²) < 4.78 is 6.67. The lowest BCUT2D eigenvalue weighted by Crippen LogP contribution is -2.26. The van der Waals surface area contributed by atoms with Crippen molar-refractivity contribution in [3.05, 3.63) is 75.1 Å². The Hall–Kier alpha value is -3.78. The van der Waals surface area contributed by atoms with Crippen LogP contribution in [0.3, 0.4) is 0 Å². The largest absolute Gasteiger partial charge is 0.482 e. The fraction of sp³-hybridized carbons (Fsp3) is 0.167. The molecule has 0 bridgehead atoms. The molecule has 0 unspecified atom stereocenters. The van der Waals surface area contributed by atoms with Gasteiger partial charge >= 0.3 is 0 Å². The lowest BCUT2D eigenvalue weighted by molar-refractivity contribution is -0.118. The molecule has 0 saturated carbocycles. The summed E-state index contributed by atoms with van der Waals surface area (Å²) in [5.41, 5.74) is 3.52. The number of aromatic nitrogens is 2. The lowest BCUT2D eigenvalue weighted by Gasteiger charge is -2.18. The second-order valence-corrected chi connectivity index (χ2v) is 8.93. The van der Waals surface area contributed by atoms with E-state index in [1.165, 1.54) is 22.2 Å². The number of hydrogen-bond acceptors (Lipinski definition) is 6. The van der Waals surface area contributed by atoms with E-state index in [1.54, 1.807) is 18.2 Å². The molecule has 0 aliphatic carbocycles. The quantitative estimate of drug-likeness (QED) is 0.480. The van der Waals surface area contributed by atoms with Gasteiger partial charge in [0.05, 0.1) is 23.9 Å². The molecule has 1 aliphatic heterocycles. The predicted octanol–water partition coefficient (Wildman–Crippen LogP) is 3.96. The number of hydrogen-bond donors (Lipinski definition) is 1. The molecule has 1 N–H and O–H groups in total. The van der Waals surface area contributed by atoms with Crippen molar-refractivity contribution in [2.75, 3.05) is 11.9 Å². The van der Waals surface area contributed by atoms with E-state index in [4.69, 9.17) is 4.74 Å². The second kappa shape index (κ2) is 7.72. The van der Waals surface area contributed by atoms with Crippen molar-refractivity contribution in [2.24, 2.45) is 0 Å². The minimum Gasteiger partial charge on any atom is -0.482 e. The van der Waals surface area contributed by atoms with Crippen LogP contribution in [0.15, 0.2) is 53.6 Å². The Balaban J connectivity index is 1.52. The van der Waals surface area contributed by atoms with Crippen LogP contribution in [-0.2, 0) is 11.3 Å². The fourth-order valence-electron chi connectivity index (χ4n) is 3.82. The summed E-state index contributed by atoms with van der Waals surface area (Å²) in [6.45, 7) is 3.78. The number of ketones is 1. The minimum absolute atomic E-state index is 0.0508. The Morgan fingerprint density at radius 2 is 1.94 bits per heavy atom. The van der Waals surface area contributed by atoms with Gasteiger partial charge in [-0.05, 0) is 37.6 Å². The average Bonchev–Trinajstić information content (AvgIpc) is 3.12. The molecule has 160 valence electrons. The van der Waals surface area contributed by atoms with E-state index in [1.807, 2.05) is 38.1 Å². The van der Waals surface area contributed by atoms with Crippen molar-refractivity contribution in [1.82, 2.24) is 9.55 Å². The van der Waals surface area contributed by atoms with E-state index in [0.717, 1.165) is 21.6 Å². The number of carbonyl (C=O) groups is 2. The maximum absolute atomic E-state index is 13.3. The number of nitrogens with zero attached hydrogens (tertiary/aromatic N) is 2. The average molecular weight is 446 g/mol. The third kappa shape index (κ3) is 3.48. The van der Waals surface area contributed by atoms with Gasteiger partial charge in [-0.25, -0.2) is 4.98 Å². The number of thiophene rings is 1. The summed E-state index contributed by atoms with van der Waals surface area (Å²) in [5.74, 6) is -0.0259. The molecule has 2 aromatic heterocycles. The lowest BCUT2D eigenvalue weighted by atomic mass is 10.0. The Kier molecular flexibility index (Phi) is 4.86. The first kappa shape index (κ1) is 20.1. The minimum atomic E-state index is -0.274. The molecule has 0 saturated heterocycles. The molecule has 5 rings (SSSR count). The smallest absolute Gasteiger partial charge is 0.263 e. The van der Waals surface area contributed by atoms with Crippen molar-refractivity contribution in [3.8, 4) is 16.9 Å². The van der Waals surface area contributed by atoms with E-state index in [9.17, 15) is 14.4 Å². The van der Waals surface area contributed by atoms with E-state index in [-0.39, 0.29) is 30.4 Å². The third-order valence-electron chi connectivity index (χ3n) is 5.44. The molecule has 0 fully saturated rings. The van der Waals surface area contributed by atoms with Gasteiger partial charge in [-0.2, -0.15) is 0 Å². The number of ether oxygens (including phenoxy) is 1. The zero-order valence-corrected chi connectivity index (χ0v) is 18.3. The van der Waals surface area contributed by atoms with Crippen LogP contribution in [0, 0.1) is 13.8 Å². The van der Waals surface area contributed by atoms with Crippen LogP contribution in [0.2, 0.25) is 0 Å². The highest BCUT2D eigenvalue weighted by molar-refractivity contribution is 7.19. The number of aryl methyl sites for hydroxylation is 2. The highest BCUT2D eigenvalue weighted by Crippen LogP contribution is 2.35. The molecule has 2 aromatic carbocycles. The number of carbonyl (C=O) groups excluding carboxylic acids is 2. The van der Waals surface area contributed by atoms with Crippen LogP contribution in [-0.4, -0.2) is 27.8 Å². The van der Waals surface area contributed by atoms with Crippen LogP contribution in [0.1, 0.15) is 20.8 Å². The monoisotopic (exact) mass is 445 g/mol. The molecular formula is C24H19N3O4S. The Morgan fingerprint density at radius 1 is 1.16 bits per heavy atom. The first-order valence-corrected chi connectivity index (χ1v) is 10.9. The number of Topliss-reactive ketones (excluding diaryl/α,β-unsaturated/α-hetero) is 1. The van der Waals surface area contributed by atoms with Crippen LogP contribution in [0.25, 0.3) is 21.3 Å². The van der Waals surface area contributed by atoms with Gasteiger partial charge in [-0.1, -0.05) is 29.8 Å². The van der Waals surface area contributed by atoms with Crippen LogP contribution >= 0.6 is 11.3 Å². The molecule has 1 aliphatic rings. The van der Waals surface area contributed by atoms with Crippen LogP contribution < -0.4 is 15.6 Å². The Morgan fingerprint density at radius 3 is 2.72 bits per heavy atom. The summed E-state index contributed by atoms with van der Waals surface area (Å²) in [5, 5.41) is 3.22. The summed E-state index contributed by atoms with van der Waals surface area (Å²) in [6, 6.07) is 12.8. The molecule has 7 nitrogen and oxygen atoms in total. The van der Waals surface area contributed by atoms with Crippen molar-refractivity contribution >= 4 is 38.9 Å². The standard InChI is InChI=1S/C24H19N3O4S/c1-13-3-5-15(6-4-13)21-14(2)32-23-22(21)24(30)27(12-25-23)10-18(28)16-7-8-19-17(9-16)26-20(29)11-31-19/h3-9,12H,10-11H2,1-2H3,(H,26,29). The summed E-state index contributed by atoms with van der Waals surface area (Å²) in [6.07, 6.45) is 1.42. The Bertz CT molecular complexity index is 1450. The molecule has 0 atom stereocenters. The van der Waals surface area contributed by atoms with Gasteiger partial charge in [0.1, 0.15) is 10.6 Å². The summed E-state index contributed by atoms with van der Waals surface area (Å²) in [4.78, 5) is 43.9. The normalized spacial score (nSPS) is 12.9. The maximum Gasteiger partial charge on any atom is 0.263 e. The molecule has 1 amide bonds. The number of rotatable bonds is 4. The number of amides is 1. The van der Waals surface area contributed by atoms with Crippen molar-refractivity contribution in [1.29, 1.82) is 0 Å². The van der Waals surface area contributed by atoms with Crippen molar-refractivity contribution in [3.63, 3.8) is 0 Å². The van der Waals surface area contributed by atoms with Gasteiger partial charge in [-0.3, -0.25) is 19.0 Å². The highest BCUT2D eigenvalue weighted by Gasteiger charge is 2.20. The van der Waals surface area contributed by atoms with Crippen molar-refractivity contribution in [2.45, 2.75) is 20.4 Å². The summed E-state index contributed by atoms with van der Waals surface area (Å²) >= 11 is 1.47. The second-order valence-electron chi connectivity index (χ2n) is 7.73. The fourth-order valence-corrected chi connectivity index (χ4v) is 4.82. The van der Waals surface area contributed by atoms with Gasteiger partial charge < -0.3 is 10.1 Å². The van der Waals surface area contributed by atoms with E-state index in [0.29, 0.717) is 27.2 Å². The SMILES string of the molecule is Cc1ccc(-c2c(C)sc3ncn(CC(=O)c4ccc5c(c4)NC(=O)CO5)c(=O)c23)cc1. The zero-order chi connectivity index (χ0) is 22.4. The molecule has 0 spiro atoms. The number of anilines is 1. The molecule has 8 heteroatoms. The third-order valence-corrected chi connectivity index (χ3v) is 6.46. The molecule has 3 heterocycles. The van der Waals surface area contributed by atoms with Gasteiger partial charge in [0.15, 0.2) is 12.4 Å². The topological polar surface area (TPSA) is 90.3 Å². The van der Waals surface area contributed by atoms with Gasteiger partial charge in [0, 0.05) is 16.0 Å².